The summed E-state index contributed by atoms with van der Waals surface area (Å²) in [5.74, 6) is 0.0851. The fourth-order valence-electron chi connectivity index (χ4n) is 3.83. The second kappa shape index (κ2) is 10.2. The molecule has 1 amide bonds. The summed E-state index contributed by atoms with van der Waals surface area (Å²) in [4.78, 5) is 28.3. The molecule has 0 radical (unpaired) electrons. The Morgan fingerprint density at radius 2 is 1.83 bits per heavy atom. The zero-order valence-corrected chi connectivity index (χ0v) is 18.2. The van der Waals surface area contributed by atoms with Crippen molar-refractivity contribution in [2.24, 2.45) is 5.92 Å². The zero-order valence-electron chi connectivity index (χ0n) is 18.2. The number of hydrogen-bond donors (Lipinski definition) is 0. The number of nitrogens with zero attached hydrogens (tertiary/aromatic N) is 1. The lowest BCUT2D eigenvalue weighted by atomic mass is 9.97. The van der Waals surface area contributed by atoms with Crippen molar-refractivity contribution in [3.05, 3.63) is 81.7 Å². The van der Waals surface area contributed by atoms with Gasteiger partial charge in [0, 0.05) is 12.5 Å². The summed E-state index contributed by atoms with van der Waals surface area (Å²) >= 11 is 0. The molecule has 0 saturated heterocycles. The molecule has 3 rings (SSSR count). The molecule has 0 unspecified atom stereocenters. The van der Waals surface area contributed by atoms with Crippen LogP contribution in [0.15, 0.2) is 64.0 Å². The van der Waals surface area contributed by atoms with Crippen LogP contribution in [0.1, 0.15) is 56.2 Å². The topological polar surface area (TPSA) is 50.5 Å². The van der Waals surface area contributed by atoms with Crippen LogP contribution in [0.2, 0.25) is 0 Å². The number of carbonyl (C=O) groups excluding carboxylic acids is 1. The van der Waals surface area contributed by atoms with Crippen LogP contribution in [-0.4, -0.2) is 10.8 Å². The van der Waals surface area contributed by atoms with E-state index in [0.717, 1.165) is 36.8 Å². The third-order valence-corrected chi connectivity index (χ3v) is 5.64. The minimum absolute atomic E-state index is 0.0246. The molecule has 4 heteroatoms. The van der Waals surface area contributed by atoms with Crippen molar-refractivity contribution >= 4 is 16.9 Å². The number of carbonyl (C=O) groups is 1. The van der Waals surface area contributed by atoms with Crippen LogP contribution in [0.25, 0.3) is 11.0 Å². The number of amides is 1. The molecule has 3 aromatic rings. The van der Waals surface area contributed by atoms with Crippen LogP contribution in [0, 0.1) is 12.8 Å². The fourth-order valence-corrected chi connectivity index (χ4v) is 3.83. The van der Waals surface area contributed by atoms with E-state index in [2.05, 4.69) is 13.8 Å². The summed E-state index contributed by atoms with van der Waals surface area (Å²) in [6, 6.07) is 15.5. The molecule has 158 valence electrons. The Balaban J connectivity index is 1.93. The van der Waals surface area contributed by atoms with Crippen LogP contribution >= 0.6 is 0 Å². The van der Waals surface area contributed by atoms with E-state index in [1.807, 2.05) is 60.4 Å². The molecule has 0 aliphatic heterocycles. The van der Waals surface area contributed by atoms with E-state index >= 15 is 0 Å². The van der Waals surface area contributed by atoms with E-state index in [9.17, 15) is 9.59 Å². The molecule has 0 aliphatic carbocycles. The molecule has 0 N–H and O–H groups in total. The molecule has 2 aromatic carbocycles. The van der Waals surface area contributed by atoms with Gasteiger partial charge < -0.3 is 9.32 Å². The van der Waals surface area contributed by atoms with Crippen LogP contribution in [0.3, 0.4) is 0 Å². The molecule has 0 saturated carbocycles. The number of rotatable bonds is 9. The van der Waals surface area contributed by atoms with Crippen LogP contribution < -0.4 is 5.43 Å². The summed E-state index contributed by atoms with van der Waals surface area (Å²) in [7, 11) is 0. The normalized spacial score (nSPS) is 12.1. The Labute approximate surface area is 178 Å². The molecule has 0 bridgehead atoms. The molecule has 1 aromatic heterocycles. The highest BCUT2D eigenvalue weighted by Crippen LogP contribution is 2.20. The van der Waals surface area contributed by atoms with Gasteiger partial charge in [-0.05, 0) is 37.5 Å². The van der Waals surface area contributed by atoms with Crippen LogP contribution in [0.5, 0.6) is 0 Å². The first-order valence-electron chi connectivity index (χ1n) is 10.9. The van der Waals surface area contributed by atoms with Crippen molar-refractivity contribution in [3.8, 4) is 0 Å². The monoisotopic (exact) mass is 405 g/mol. The maximum Gasteiger partial charge on any atom is 0.226 e. The van der Waals surface area contributed by atoms with Crippen LogP contribution in [0.4, 0.5) is 0 Å². The maximum absolute atomic E-state index is 13.4. The van der Waals surface area contributed by atoms with Crippen molar-refractivity contribution in [3.63, 3.8) is 0 Å². The van der Waals surface area contributed by atoms with E-state index in [4.69, 9.17) is 4.42 Å². The predicted molar refractivity (Wildman–Crippen MR) is 121 cm³/mol. The third kappa shape index (κ3) is 5.18. The molecule has 4 nitrogen and oxygen atoms in total. The molecule has 30 heavy (non-hydrogen) atoms. The van der Waals surface area contributed by atoms with E-state index in [1.165, 1.54) is 6.26 Å². The number of benzene rings is 2. The van der Waals surface area contributed by atoms with Gasteiger partial charge in [0.2, 0.25) is 5.91 Å². The molecule has 0 fully saturated rings. The lowest BCUT2D eigenvalue weighted by molar-refractivity contribution is -0.137. The Bertz CT molecular complexity index is 1040. The quantitative estimate of drug-likeness (QED) is 0.449. The van der Waals surface area contributed by atoms with Gasteiger partial charge in [0.15, 0.2) is 5.43 Å². The van der Waals surface area contributed by atoms with Crippen molar-refractivity contribution in [2.75, 3.05) is 0 Å². The van der Waals surface area contributed by atoms with E-state index < -0.39 is 0 Å². The van der Waals surface area contributed by atoms with Gasteiger partial charge in [-0.15, -0.1) is 0 Å². The Morgan fingerprint density at radius 1 is 1.07 bits per heavy atom. The third-order valence-electron chi connectivity index (χ3n) is 5.64. The van der Waals surface area contributed by atoms with Gasteiger partial charge in [-0.2, -0.15) is 0 Å². The minimum atomic E-state index is -0.0626. The summed E-state index contributed by atoms with van der Waals surface area (Å²) in [6.45, 7) is 6.89. The summed E-state index contributed by atoms with van der Waals surface area (Å²) in [5.41, 5.74) is 3.09. The maximum atomic E-state index is 13.4. The predicted octanol–water partition coefficient (Wildman–Crippen LogP) is 5.85. The zero-order chi connectivity index (χ0) is 21.5. The molecular weight excluding hydrogens is 374 g/mol. The van der Waals surface area contributed by atoms with E-state index in [-0.39, 0.29) is 23.8 Å². The van der Waals surface area contributed by atoms with Gasteiger partial charge >= 0.3 is 0 Å². The first kappa shape index (κ1) is 21.8. The molecule has 1 atom stereocenters. The average molecular weight is 406 g/mol. The highest BCUT2D eigenvalue weighted by atomic mass is 16.3. The number of hydrogen-bond acceptors (Lipinski definition) is 3. The van der Waals surface area contributed by atoms with Crippen molar-refractivity contribution < 1.29 is 9.21 Å². The van der Waals surface area contributed by atoms with Gasteiger partial charge in [0.1, 0.15) is 5.58 Å². The number of fused-ring (bicyclic) bond motifs is 1. The van der Waals surface area contributed by atoms with Crippen molar-refractivity contribution in [2.45, 2.75) is 59.5 Å². The van der Waals surface area contributed by atoms with Gasteiger partial charge in [0.25, 0.3) is 0 Å². The lowest BCUT2D eigenvalue weighted by Gasteiger charge is -2.27. The Kier molecular flexibility index (Phi) is 7.45. The Morgan fingerprint density at radius 3 is 2.53 bits per heavy atom. The SMILES string of the molecule is CCCC[C@@H](CC)C(=O)N(Cc1ccccc1)Cc1coc2ccc(C)cc2c1=O. The summed E-state index contributed by atoms with van der Waals surface area (Å²) in [6.07, 6.45) is 5.29. The number of aryl methyl sites for hydroxylation is 1. The Hall–Kier alpha value is -2.88. The standard InChI is InChI=1S/C26H31NO3/c1-4-6-12-21(5-2)26(29)27(16-20-10-8-7-9-11-20)17-22-18-30-24-14-13-19(3)15-23(24)25(22)28/h7-11,13-15,18,21H,4-6,12,16-17H2,1-3H3/t21-/m1/s1. The smallest absolute Gasteiger partial charge is 0.226 e. The van der Waals surface area contributed by atoms with Gasteiger partial charge in [-0.25, -0.2) is 0 Å². The first-order chi connectivity index (χ1) is 14.5. The fraction of sp³-hybridized carbons (Fsp3) is 0.385. The van der Waals surface area contributed by atoms with Gasteiger partial charge in [-0.1, -0.05) is 68.7 Å². The van der Waals surface area contributed by atoms with Crippen molar-refractivity contribution in [1.82, 2.24) is 4.90 Å². The first-order valence-corrected chi connectivity index (χ1v) is 10.9. The largest absolute Gasteiger partial charge is 0.464 e. The average Bonchev–Trinajstić information content (AvgIpc) is 2.76. The van der Waals surface area contributed by atoms with E-state index in [1.54, 1.807) is 0 Å². The summed E-state index contributed by atoms with van der Waals surface area (Å²) < 4.78 is 5.72. The van der Waals surface area contributed by atoms with Crippen molar-refractivity contribution in [1.29, 1.82) is 0 Å². The summed E-state index contributed by atoms with van der Waals surface area (Å²) in [5, 5.41) is 0.567. The second-order valence-electron chi connectivity index (χ2n) is 8.02. The van der Waals surface area contributed by atoms with Gasteiger partial charge in [-0.3, -0.25) is 9.59 Å². The van der Waals surface area contributed by atoms with E-state index in [0.29, 0.717) is 23.1 Å². The molecule has 0 spiro atoms. The minimum Gasteiger partial charge on any atom is -0.464 e. The lowest BCUT2D eigenvalue weighted by Crippen LogP contribution is -2.36. The highest BCUT2D eigenvalue weighted by molar-refractivity contribution is 5.80. The van der Waals surface area contributed by atoms with Crippen LogP contribution in [-0.2, 0) is 17.9 Å². The highest BCUT2D eigenvalue weighted by Gasteiger charge is 2.24. The molecule has 1 heterocycles. The molecular formula is C26H31NO3. The second-order valence-corrected chi connectivity index (χ2v) is 8.02. The number of unbranched alkanes of at least 4 members (excludes halogenated alkanes) is 1. The molecule has 0 aliphatic rings. The van der Waals surface area contributed by atoms with Gasteiger partial charge in [0.05, 0.1) is 23.8 Å².